The van der Waals surface area contributed by atoms with Gasteiger partial charge in [-0.25, -0.2) is 0 Å². The van der Waals surface area contributed by atoms with Crippen LogP contribution in [0.25, 0.3) is 0 Å². The number of carbonyl (C=O) groups excluding carboxylic acids is 1. The van der Waals surface area contributed by atoms with Gasteiger partial charge in [0.2, 0.25) is 0 Å². The number of likely N-dealkylation sites (tertiary alicyclic amines) is 1. The fourth-order valence-corrected chi connectivity index (χ4v) is 2.96. The lowest BCUT2D eigenvalue weighted by molar-refractivity contribution is -0.385. The van der Waals surface area contributed by atoms with E-state index in [0.717, 1.165) is 12.8 Å². The van der Waals surface area contributed by atoms with E-state index >= 15 is 0 Å². The summed E-state index contributed by atoms with van der Waals surface area (Å²) in [6.45, 7) is 3.14. The van der Waals surface area contributed by atoms with Crippen LogP contribution in [-0.4, -0.2) is 35.0 Å². The molecule has 7 heteroatoms. The third-order valence-electron chi connectivity index (χ3n) is 3.78. The first-order valence-corrected chi connectivity index (χ1v) is 7.74. The highest BCUT2D eigenvalue weighted by Crippen LogP contribution is 2.27. The third-order valence-corrected chi connectivity index (χ3v) is 4.02. The molecule has 1 saturated heterocycles. The van der Waals surface area contributed by atoms with E-state index < -0.39 is 4.92 Å². The second-order valence-corrected chi connectivity index (χ2v) is 5.70. The second kappa shape index (κ2) is 7.56. The lowest BCUT2D eigenvalue weighted by Gasteiger charge is -2.33. The van der Waals surface area contributed by atoms with Crippen molar-refractivity contribution in [1.82, 2.24) is 4.90 Å². The molecule has 22 heavy (non-hydrogen) atoms. The van der Waals surface area contributed by atoms with Gasteiger partial charge in [0.1, 0.15) is 6.04 Å². The Morgan fingerprint density at radius 2 is 2.27 bits per heavy atom. The highest BCUT2D eigenvalue weighted by molar-refractivity contribution is 6.30. The average Bonchev–Trinajstić information content (AvgIpc) is 2.47. The van der Waals surface area contributed by atoms with Crippen molar-refractivity contribution >= 4 is 23.3 Å². The van der Waals surface area contributed by atoms with Crippen molar-refractivity contribution in [3.8, 4) is 0 Å². The van der Waals surface area contributed by atoms with Crippen molar-refractivity contribution in [2.45, 2.75) is 38.8 Å². The maximum Gasteiger partial charge on any atom is 0.323 e. The number of hydrogen-bond acceptors (Lipinski definition) is 5. The molecule has 1 heterocycles. The predicted molar refractivity (Wildman–Crippen MR) is 82.8 cm³/mol. The molecule has 0 aromatic heterocycles. The molecule has 0 amide bonds. The molecule has 0 N–H and O–H groups in total. The highest BCUT2D eigenvalue weighted by atomic mass is 35.5. The van der Waals surface area contributed by atoms with E-state index in [4.69, 9.17) is 16.3 Å². The number of benzene rings is 1. The Morgan fingerprint density at radius 3 is 2.95 bits per heavy atom. The number of halogens is 1. The van der Waals surface area contributed by atoms with E-state index in [2.05, 4.69) is 0 Å². The Bertz CT molecular complexity index is 564. The SMILES string of the molecule is CCOC(=O)[C@H]1CCCCN1Cc1cc(Cl)ccc1[N+](=O)[O-]. The van der Waals surface area contributed by atoms with Gasteiger partial charge in [-0.05, 0) is 38.4 Å². The standard InChI is InChI=1S/C15H19ClN2O4/c1-2-22-15(19)14-5-3-4-8-17(14)10-11-9-12(16)6-7-13(11)18(20)21/h6-7,9,14H,2-5,8,10H2,1H3/t14-/m1/s1. The molecule has 0 spiro atoms. The van der Waals surface area contributed by atoms with Crippen LogP contribution in [-0.2, 0) is 16.1 Å². The molecule has 0 radical (unpaired) electrons. The van der Waals surface area contributed by atoms with E-state index in [-0.39, 0.29) is 17.7 Å². The van der Waals surface area contributed by atoms with Gasteiger partial charge >= 0.3 is 5.97 Å². The topological polar surface area (TPSA) is 72.7 Å². The summed E-state index contributed by atoms with van der Waals surface area (Å²) in [6, 6.07) is 4.16. The largest absolute Gasteiger partial charge is 0.465 e. The zero-order valence-electron chi connectivity index (χ0n) is 12.5. The Hall–Kier alpha value is -1.66. The maximum absolute atomic E-state index is 12.1. The number of rotatable bonds is 5. The first kappa shape index (κ1) is 16.7. The smallest absolute Gasteiger partial charge is 0.323 e. The first-order valence-electron chi connectivity index (χ1n) is 7.36. The number of nitrogens with zero attached hydrogens (tertiary/aromatic N) is 2. The van der Waals surface area contributed by atoms with Gasteiger partial charge in [0.15, 0.2) is 0 Å². The van der Waals surface area contributed by atoms with Gasteiger partial charge in [0, 0.05) is 23.2 Å². The molecule has 1 atom stereocenters. The monoisotopic (exact) mass is 326 g/mol. The molecule has 2 rings (SSSR count). The lowest BCUT2D eigenvalue weighted by Crippen LogP contribution is -2.45. The molecule has 1 aromatic carbocycles. The van der Waals surface area contributed by atoms with Gasteiger partial charge in [-0.3, -0.25) is 19.8 Å². The summed E-state index contributed by atoms with van der Waals surface area (Å²) in [5, 5.41) is 11.6. The summed E-state index contributed by atoms with van der Waals surface area (Å²) in [5.74, 6) is -0.258. The minimum absolute atomic E-state index is 0.0255. The van der Waals surface area contributed by atoms with Crippen molar-refractivity contribution in [3.05, 3.63) is 38.9 Å². The van der Waals surface area contributed by atoms with Crippen LogP contribution in [0.4, 0.5) is 5.69 Å². The van der Waals surface area contributed by atoms with Crippen LogP contribution in [0.3, 0.4) is 0 Å². The van der Waals surface area contributed by atoms with Crippen molar-refractivity contribution in [2.24, 2.45) is 0 Å². The molecule has 1 fully saturated rings. The van der Waals surface area contributed by atoms with E-state index in [1.165, 1.54) is 12.1 Å². The predicted octanol–water partition coefficient (Wildman–Crippen LogP) is 3.17. The molecule has 0 unspecified atom stereocenters. The summed E-state index contributed by atoms with van der Waals surface area (Å²) in [7, 11) is 0. The van der Waals surface area contributed by atoms with Crippen LogP contribution >= 0.6 is 11.6 Å². The van der Waals surface area contributed by atoms with E-state index in [1.54, 1.807) is 13.0 Å². The first-order chi connectivity index (χ1) is 10.5. The summed E-state index contributed by atoms with van der Waals surface area (Å²) in [6.07, 6.45) is 2.63. The van der Waals surface area contributed by atoms with Crippen molar-refractivity contribution in [3.63, 3.8) is 0 Å². The molecule has 1 aromatic rings. The van der Waals surface area contributed by atoms with Gasteiger partial charge < -0.3 is 4.74 Å². The van der Waals surface area contributed by atoms with Gasteiger partial charge in [-0.15, -0.1) is 0 Å². The summed E-state index contributed by atoms with van der Waals surface area (Å²) >= 11 is 5.96. The molecule has 0 saturated carbocycles. The number of nitro groups is 1. The number of piperidine rings is 1. The van der Waals surface area contributed by atoms with Crippen LogP contribution in [0.2, 0.25) is 5.02 Å². The van der Waals surface area contributed by atoms with Crippen molar-refractivity contribution in [2.75, 3.05) is 13.2 Å². The van der Waals surface area contributed by atoms with Crippen molar-refractivity contribution in [1.29, 1.82) is 0 Å². The minimum Gasteiger partial charge on any atom is -0.465 e. The summed E-state index contributed by atoms with van der Waals surface area (Å²) < 4.78 is 5.11. The molecule has 6 nitrogen and oxygen atoms in total. The normalized spacial score (nSPS) is 18.9. The number of ether oxygens (including phenoxy) is 1. The molecule has 120 valence electrons. The highest BCUT2D eigenvalue weighted by Gasteiger charge is 2.31. The Labute approximate surface area is 134 Å². The third kappa shape index (κ3) is 3.96. The fraction of sp³-hybridized carbons (Fsp3) is 0.533. The minimum atomic E-state index is -0.422. The average molecular weight is 327 g/mol. The van der Waals surface area contributed by atoms with Gasteiger partial charge in [0.25, 0.3) is 5.69 Å². The number of nitro benzene ring substituents is 1. The Morgan fingerprint density at radius 1 is 1.50 bits per heavy atom. The quantitative estimate of drug-likeness (QED) is 0.472. The van der Waals surface area contributed by atoms with E-state index in [9.17, 15) is 14.9 Å². The Balaban J connectivity index is 2.21. The van der Waals surface area contributed by atoms with Crippen LogP contribution < -0.4 is 0 Å². The maximum atomic E-state index is 12.1. The molecule has 1 aliphatic heterocycles. The van der Waals surface area contributed by atoms with Crippen LogP contribution in [0.1, 0.15) is 31.7 Å². The molecule has 1 aliphatic rings. The number of carbonyl (C=O) groups is 1. The Kier molecular flexibility index (Phi) is 5.74. The lowest BCUT2D eigenvalue weighted by atomic mass is 10.0. The molecular weight excluding hydrogens is 308 g/mol. The fourth-order valence-electron chi connectivity index (χ4n) is 2.76. The van der Waals surface area contributed by atoms with E-state index in [0.29, 0.717) is 36.7 Å². The zero-order chi connectivity index (χ0) is 16.1. The van der Waals surface area contributed by atoms with Gasteiger partial charge in [0.05, 0.1) is 11.5 Å². The molecule has 0 aliphatic carbocycles. The van der Waals surface area contributed by atoms with E-state index in [1.807, 2.05) is 4.90 Å². The number of esters is 1. The van der Waals surface area contributed by atoms with Crippen LogP contribution in [0.15, 0.2) is 18.2 Å². The second-order valence-electron chi connectivity index (χ2n) is 5.26. The summed E-state index contributed by atoms with van der Waals surface area (Å²) in [4.78, 5) is 24.7. The van der Waals surface area contributed by atoms with Crippen molar-refractivity contribution < 1.29 is 14.5 Å². The van der Waals surface area contributed by atoms with Gasteiger partial charge in [-0.1, -0.05) is 18.0 Å². The number of hydrogen-bond donors (Lipinski definition) is 0. The van der Waals surface area contributed by atoms with Crippen LogP contribution in [0, 0.1) is 10.1 Å². The summed E-state index contributed by atoms with van der Waals surface area (Å²) in [5.41, 5.74) is 0.547. The zero-order valence-corrected chi connectivity index (χ0v) is 13.2. The van der Waals surface area contributed by atoms with Gasteiger partial charge in [-0.2, -0.15) is 0 Å². The molecular formula is C15H19ClN2O4. The van der Waals surface area contributed by atoms with Crippen LogP contribution in [0.5, 0.6) is 0 Å². The molecule has 0 bridgehead atoms.